The molecule has 1 aliphatic rings. The maximum absolute atomic E-state index is 13.5. The summed E-state index contributed by atoms with van der Waals surface area (Å²) in [6.45, 7) is 0.986. The molecule has 1 aliphatic heterocycles. The second-order valence-electron chi connectivity index (χ2n) is 5.11. The number of fused-ring (bicyclic) bond motifs is 1. The molecule has 5 N–H and O–H groups in total. The molecule has 0 unspecified atom stereocenters. The number of nitrogens with zero attached hydrogens (tertiary/aromatic N) is 1. The van der Waals surface area contributed by atoms with Crippen molar-refractivity contribution in [1.29, 1.82) is 0 Å². The van der Waals surface area contributed by atoms with Gasteiger partial charge in [-0.05, 0) is 47.5 Å². The molecule has 0 saturated heterocycles. The average Bonchev–Trinajstić information content (AvgIpc) is 2.67. The quantitative estimate of drug-likeness (QED) is 0.706. The lowest BCUT2D eigenvalue weighted by atomic mass is 10.1. The van der Waals surface area contributed by atoms with E-state index in [1.54, 1.807) is 18.2 Å². The molecular formula is C16H16F2N4. The van der Waals surface area contributed by atoms with E-state index in [4.69, 9.17) is 11.6 Å². The van der Waals surface area contributed by atoms with Crippen molar-refractivity contribution < 1.29 is 8.78 Å². The van der Waals surface area contributed by atoms with Crippen molar-refractivity contribution in [2.45, 2.75) is 6.54 Å². The van der Waals surface area contributed by atoms with Crippen molar-refractivity contribution in [3.63, 3.8) is 0 Å². The van der Waals surface area contributed by atoms with Crippen molar-refractivity contribution >= 4 is 11.4 Å². The third kappa shape index (κ3) is 2.66. The minimum atomic E-state index is -0.365. The van der Waals surface area contributed by atoms with Gasteiger partial charge >= 0.3 is 0 Å². The maximum atomic E-state index is 13.5. The summed E-state index contributed by atoms with van der Waals surface area (Å²) in [5, 5.41) is 4.60. The lowest BCUT2D eigenvalue weighted by Crippen LogP contribution is -2.35. The summed E-state index contributed by atoms with van der Waals surface area (Å²) >= 11 is 0. The highest BCUT2D eigenvalue weighted by Gasteiger charge is 2.20. The van der Waals surface area contributed by atoms with E-state index in [9.17, 15) is 8.78 Å². The molecule has 0 saturated carbocycles. The van der Waals surface area contributed by atoms with Gasteiger partial charge in [-0.25, -0.2) is 14.6 Å². The normalized spacial score (nSPS) is 17.0. The van der Waals surface area contributed by atoms with E-state index in [0.717, 1.165) is 5.56 Å². The number of rotatable bonds is 1. The molecule has 2 aromatic carbocycles. The van der Waals surface area contributed by atoms with Crippen LogP contribution in [0.5, 0.6) is 0 Å². The summed E-state index contributed by atoms with van der Waals surface area (Å²) in [7, 11) is 0. The van der Waals surface area contributed by atoms with Crippen LogP contribution in [0.2, 0.25) is 0 Å². The number of hydrogen-bond donors (Lipinski definition) is 3. The molecule has 3 rings (SSSR count). The molecule has 0 aromatic heterocycles. The Balaban J connectivity index is 2.06. The van der Waals surface area contributed by atoms with Crippen LogP contribution >= 0.6 is 0 Å². The fourth-order valence-electron chi connectivity index (χ4n) is 2.48. The zero-order chi connectivity index (χ0) is 15.7. The predicted octanol–water partition coefficient (Wildman–Crippen LogP) is 2.08. The van der Waals surface area contributed by atoms with Gasteiger partial charge in [-0.2, -0.15) is 0 Å². The zero-order valence-corrected chi connectivity index (χ0v) is 11.8. The molecule has 0 spiro atoms. The van der Waals surface area contributed by atoms with Crippen LogP contribution in [0.4, 0.5) is 14.5 Å². The Kier molecular flexibility index (Phi) is 3.79. The monoisotopic (exact) mass is 302 g/mol. The van der Waals surface area contributed by atoms with Gasteiger partial charge in [-0.15, -0.1) is 0 Å². The Labute approximate surface area is 127 Å². The highest BCUT2D eigenvalue weighted by molar-refractivity contribution is 5.72. The van der Waals surface area contributed by atoms with E-state index in [-0.39, 0.29) is 11.6 Å². The lowest BCUT2D eigenvalue weighted by Gasteiger charge is -2.23. The summed E-state index contributed by atoms with van der Waals surface area (Å²) in [6.07, 6.45) is 0. The standard InChI is InChI=1S/C16H16F2N4/c17-12-4-1-10(2-5-12)16(19)15-9-21-8-11-3-6-13(18)7-14(11)22(15)20/h1-7,21H,8-9,19-20H2/b16-15-. The molecule has 4 nitrogen and oxygen atoms in total. The highest BCUT2D eigenvalue weighted by Crippen LogP contribution is 2.27. The largest absolute Gasteiger partial charge is 0.397 e. The molecule has 2 aromatic rings. The van der Waals surface area contributed by atoms with Crippen LogP contribution in [0, 0.1) is 11.6 Å². The molecule has 0 atom stereocenters. The Bertz CT molecular complexity index is 725. The third-order valence-corrected chi connectivity index (χ3v) is 3.67. The van der Waals surface area contributed by atoms with Gasteiger partial charge in [0.15, 0.2) is 0 Å². The molecule has 0 fully saturated rings. The third-order valence-electron chi connectivity index (χ3n) is 3.67. The minimum absolute atomic E-state index is 0.336. The predicted molar refractivity (Wildman–Crippen MR) is 82.3 cm³/mol. The highest BCUT2D eigenvalue weighted by atomic mass is 19.1. The lowest BCUT2D eigenvalue weighted by molar-refractivity contribution is 0.626. The van der Waals surface area contributed by atoms with Crippen LogP contribution in [0.1, 0.15) is 11.1 Å². The van der Waals surface area contributed by atoms with Crippen LogP contribution in [0.3, 0.4) is 0 Å². The van der Waals surface area contributed by atoms with Crippen LogP contribution in [-0.2, 0) is 6.54 Å². The molecule has 0 radical (unpaired) electrons. The number of nitrogens with two attached hydrogens (primary N) is 2. The van der Waals surface area contributed by atoms with Gasteiger partial charge in [-0.1, -0.05) is 6.07 Å². The van der Waals surface area contributed by atoms with Gasteiger partial charge in [0, 0.05) is 13.1 Å². The van der Waals surface area contributed by atoms with E-state index in [1.807, 2.05) is 0 Å². The Hall–Kier alpha value is -2.44. The van der Waals surface area contributed by atoms with Gasteiger partial charge in [0.05, 0.1) is 17.1 Å². The smallest absolute Gasteiger partial charge is 0.125 e. The molecule has 1 heterocycles. The van der Waals surface area contributed by atoms with Gasteiger partial charge in [0.1, 0.15) is 11.6 Å². The van der Waals surface area contributed by atoms with Gasteiger partial charge in [0.2, 0.25) is 0 Å². The summed E-state index contributed by atoms with van der Waals surface area (Å²) in [5.41, 5.74) is 9.31. The van der Waals surface area contributed by atoms with Crippen LogP contribution in [0.15, 0.2) is 48.2 Å². The SMILES string of the molecule is N/C(=C1/CNCc2ccc(F)cc2N1N)c1ccc(F)cc1. The molecule has 0 bridgehead atoms. The van der Waals surface area contributed by atoms with Crippen LogP contribution < -0.4 is 21.9 Å². The molecule has 0 aliphatic carbocycles. The summed E-state index contributed by atoms with van der Waals surface area (Å²) in [6, 6.07) is 10.3. The fourth-order valence-corrected chi connectivity index (χ4v) is 2.48. The van der Waals surface area contributed by atoms with Crippen molar-refractivity contribution in [2.75, 3.05) is 11.6 Å². The van der Waals surface area contributed by atoms with Crippen molar-refractivity contribution in [2.24, 2.45) is 11.6 Å². The van der Waals surface area contributed by atoms with Crippen LogP contribution in [-0.4, -0.2) is 6.54 Å². The summed E-state index contributed by atoms with van der Waals surface area (Å²) < 4.78 is 26.5. The molecule has 0 amide bonds. The first-order valence-corrected chi connectivity index (χ1v) is 6.85. The Morgan fingerprint density at radius 2 is 1.68 bits per heavy atom. The van der Waals surface area contributed by atoms with Gasteiger partial charge < -0.3 is 11.1 Å². The number of halogens is 2. The topological polar surface area (TPSA) is 67.3 Å². The van der Waals surface area contributed by atoms with E-state index in [1.165, 1.54) is 29.3 Å². The number of hydrogen-bond acceptors (Lipinski definition) is 4. The Morgan fingerprint density at radius 3 is 2.41 bits per heavy atom. The first kappa shape index (κ1) is 14.5. The molecule has 6 heteroatoms. The number of anilines is 1. The molecule has 114 valence electrons. The second kappa shape index (κ2) is 5.75. The Morgan fingerprint density at radius 1 is 1.00 bits per heavy atom. The first-order chi connectivity index (χ1) is 10.6. The van der Waals surface area contributed by atoms with E-state index < -0.39 is 0 Å². The fraction of sp³-hybridized carbons (Fsp3) is 0.125. The number of hydrazine groups is 1. The first-order valence-electron chi connectivity index (χ1n) is 6.85. The van der Waals surface area contributed by atoms with Crippen molar-refractivity contribution in [3.05, 3.63) is 70.9 Å². The average molecular weight is 302 g/mol. The van der Waals surface area contributed by atoms with Gasteiger partial charge in [0.25, 0.3) is 0 Å². The summed E-state index contributed by atoms with van der Waals surface area (Å²) in [5.74, 6) is 5.44. The van der Waals surface area contributed by atoms with E-state index >= 15 is 0 Å². The zero-order valence-electron chi connectivity index (χ0n) is 11.8. The molecule has 22 heavy (non-hydrogen) atoms. The summed E-state index contributed by atoms with van der Waals surface area (Å²) in [4.78, 5) is 0. The maximum Gasteiger partial charge on any atom is 0.125 e. The van der Waals surface area contributed by atoms with E-state index in [2.05, 4.69) is 5.32 Å². The molecular weight excluding hydrogens is 286 g/mol. The number of nitrogens with one attached hydrogen (secondary N) is 1. The van der Waals surface area contributed by atoms with E-state index in [0.29, 0.717) is 35.7 Å². The van der Waals surface area contributed by atoms with Crippen molar-refractivity contribution in [1.82, 2.24) is 5.32 Å². The minimum Gasteiger partial charge on any atom is -0.397 e. The van der Waals surface area contributed by atoms with Crippen molar-refractivity contribution in [3.8, 4) is 0 Å². The van der Waals surface area contributed by atoms with Gasteiger partial charge in [-0.3, -0.25) is 5.01 Å². The van der Waals surface area contributed by atoms with Crippen LogP contribution in [0.25, 0.3) is 5.70 Å². The number of benzene rings is 2. The second-order valence-corrected chi connectivity index (χ2v) is 5.11.